The first-order chi connectivity index (χ1) is 21.2. The highest BCUT2D eigenvalue weighted by molar-refractivity contribution is 7.89. The second-order valence-electron chi connectivity index (χ2n) is 10.1. The standard InChI is InChI=1S/C32H28N2O9S/c1-3-40-29-22-7-5-6-8-23(22)30(41-4-2)28-27(29)31(36)34(32(28)37)21-12-9-19(10-13-21)17-44(38,39)33-26(35)16-20-11-14-24-25(15-20)43-18-42-24/h5-15H,3-4,16-18H2,1-2H3,(H,33,35). The molecule has 0 saturated heterocycles. The molecule has 12 heteroatoms. The van der Waals surface area contributed by atoms with E-state index < -0.39 is 33.5 Å². The summed E-state index contributed by atoms with van der Waals surface area (Å²) < 4.78 is 50.0. The Morgan fingerprint density at radius 3 is 1.98 bits per heavy atom. The van der Waals surface area contributed by atoms with Crippen molar-refractivity contribution in [2.75, 3.05) is 24.9 Å². The van der Waals surface area contributed by atoms with Crippen molar-refractivity contribution in [1.29, 1.82) is 0 Å². The van der Waals surface area contributed by atoms with Gasteiger partial charge >= 0.3 is 0 Å². The number of sulfonamides is 1. The van der Waals surface area contributed by atoms with Crippen molar-refractivity contribution in [2.24, 2.45) is 0 Å². The average molecular weight is 617 g/mol. The van der Waals surface area contributed by atoms with Crippen molar-refractivity contribution in [3.8, 4) is 23.0 Å². The fourth-order valence-corrected chi connectivity index (χ4v) is 6.49. The highest BCUT2D eigenvalue weighted by atomic mass is 32.2. The number of fused-ring (bicyclic) bond motifs is 3. The number of hydrogen-bond acceptors (Lipinski definition) is 9. The van der Waals surface area contributed by atoms with Crippen molar-refractivity contribution < 1.29 is 41.7 Å². The Morgan fingerprint density at radius 2 is 1.39 bits per heavy atom. The summed E-state index contributed by atoms with van der Waals surface area (Å²) >= 11 is 0. The molecular formula is C32H28N2O9S. The van der Waals surface area contributed by atoms with Gasteiger partial charge in [0.05, 0.1) is 42.2 Å². The number of nitrogens with one attached hydrogen (secondary N) is 1. The molecule has 0 unspecified atom stereocenters. The summed E-state index contributed by atoms with van der Waals surface area (Å²) in [5.41, 5.74) is 1.41. The summed E-state index contributed by atoms with van der Waals surface area (Å²) in [5, 5.41) is 1.31. The van der Waals surface area contributed by atoms with Crippen LogP contribution in [0.2, 0.25) is 0 Å². The average Bonchev–Trinajstić information content (AvgIpc) is 3.56. The monoisotopic (exact) mass is 616 g/mol. The number of anilines is 1. The molecule has 0 aromatic heterocycles. The Balaban J connectivity index is 1.21. The molecular weight excluding hydrogens is 588 g/mol. The lowest BCUT2D eigenvalue weighted by molar-refractivity contribution is -0.118. The Morgan fingerprint density at radius 1 is 0.818 bits per heavy atom. The van der Waals surface area contributed by atoms with E-state index in [0.29, 0.717) is 44.9 Å². The predicted octanol–water partition coefficient (Wildman–Crippen LogP) is 4.36. The van der Waals surface area contributed by atoms with Crippen LogP contribution in [0.3, 0.4) is 0 Å². The second kappa shape index (κ2) is 11.5. The van der Waals surface area contributed by atoms with Crippen molar-refractivity contribution in [1.82, 2.24) is 4.72 Å². The van der Waals surface area contributed by atoms with Crippen molar-refractivity contribution in [3.63, 3.8) is 0 Å². The third-order valence-corrected chi connectivity index (χ3v) is 8.41. The lowest BCUT2D eigenvalue weighted by atomic mass is 9.99. The molecule has 2 heterocycles. The van der Waals surface area contributed by atoms with Crippen molar-refractivity contribution in [3.05, 3.63) is 89.0 Å². The normalized spacial score (nSPS) is 13.7. The Kier molecular flexibility index (Phi) is 7.60. The van der Waals surface area contributed by atoms with Crippen molar-refractivity contribution in [2.45, 2.75) is 26.0 Å². The van der Waals surface area contributed by atoms with Crippen LogP contribution >= 0.6 is 0 Å². The van der Waals surface area contributed by atoms with Crippen LogP contribution in [-0.2, 0) is 27.0 Å². The summed E-state index contributed by atoms with van der Waals surface area (Å²) in [5.74, 6) is -0.668. The number of imide groups is 1. The van der Waals surface area contributed by atoms with Crippen LogP contribution in [0.5, 0.6) is 23.0 Å². The van der Waals surface area contributed by atoms with Gasteiger partial charge in [0.15, 0.2) is 11.5 Å². The Bertz CT molecular complexity index is 1860. The van der Waals surface area contributed by atoms with Crippen LogP contribution in [0.15, 0.2) is 66.7 Å². The van der Waals surface area contributed by atoms with Gasteiger partial charge < -0.3 is 18.9 Å². The van der Waals surface area contributed by atoms with Gasteiger partial charge in [0.2, 0.25) is 22.7 Å². The van der Waals surface area contributed by atoms with Gasteiger partial charge in [0.1, 0.15) is 11.5 Å². The molecule has 0 radical (unpaired) electrons. The van der Waals surface area contributed by atoms with Crippen LogP contribution in [0.1, 0.15) is 45.7 Å². The molecule has 0 fully saturated rings. The first-order valence-corrected chi connectivity index (χ1v) is 15.6. The van der Waals surface area contributed by atoms with Gasteiger partial charge in [-0.1, -0.05) is 42.5 Å². The summed E-state index contributed by atoms with van der Waals surface area (Å²) in [6, 6.07) is 18.2. The molecule has 0 spiro atoms. The molecule has 0 atom stereocenters. The lowest BCUT2D eigenvalue weighted by Gasteiger charge is -2.15. The van der Waals surface area contributed by atoms with E-state index >= 15 is 0 Å². The first-order valence-electron chi connectivity index (χ1n) is 13.9. The van der Waals surface area contributed by atoms with E-state index in [-0.39, 0.29) is 43.2 Å². The van der Waals surface area contributed by atoms with Crippen LogP contribution in [0.25, 0.3) is 10.8 Å². The number of carbonyl (C=O) groups excluding carboxylic acids is 3. The maximum atomic E-state index is 13.8. The third-order valence-electron chi connectivity index (χ3n) is 7.15. The third kappa shape index (κ3) is 5.28. The molecule has 3 amide bonds. The fraction of sp³-hybridized carbons (Fsp3) is 0.219. The summed E-state index contributed by atoms with van der Waals surface area (Å²) in [7, 11) is -4.04. The lowest BCUT2D eigenvalue weighted by Crippen LogP contribution is -2.32. The summed E-state index contributed by atoms with van der Waals surface area (Å²) in [6.45, 7) is 4.24. The smallest absolute Gasteiger partial charge is 0.270 e. The van der Waals surface area contributed by atoms with Gasteiger partial charge in [-0.3, -0.25) is 19.1 Å². The topological polar surface area (TPSA) is 138 Å². The number of hydrogen-bond donors (Lipinski definition) is 1. The predicted molar refractivity (Wildman–Crippen MR) is 161 cm³/mol. The number of rotatable bonds is 10. The van der Waals surface area contributed by atoms with E-state index in [9.17, 15) is 22.8 Å². The molecule has 4 aromatic rings. The molecule has 44 heavy (non-hydrogen) atoms. The molecule has 6 rings (SSSR count). The fourth-order valence-electron chi connectivity index (χ4n) is 5.37. The van der Waals surface area contributed by atoms with Crippen LogP contribution in [0, 0.1) is 0 Å². The Labute approximate surface area is 253 Å². The first kappa shape index (κ1) is 29.0. The largest absolute Gasteiger partial charge is 0.492 e. The second-order valence-corrected chi connectivity index (χ2v) is 11.8. The van der Waals surface area contributed by atoms with Gasteiger partial charge in [0, 0.05) is 10.8 Å². The van der Waals surface area contributed by atoms with E-state index in [4.69, 9.17) is 18.9 Å². The van der Waals surface area contributed by atoms with E-state index in [0.717, 1.165) is 4.90 Å². The number of nitrogens with zero attached hydrogens (tertiary/aromatic N) is 1. The van der Waals surface area contributed by atoms with Gasteiger partial charge in [0.25, 0.3) is 11.8 Å². The maximum Gasteiger partial charge on any atom is 0.270 e. The van der Waals surface area contributed by atoms with Gasteiger partial charge in [-0.2, -0.15) is 0 Å². The SMILES string of the molecule is CCOc1c2c(c(OCC)c3ccccc13)C(=O)N(c1ccc(CS(=O)(=O)NC(=O)Cc3ccc4c(c3)OCO4)cc1)C2=O. The molecule has 1 N–H and O–H groups in total. The molecule has 2 aliphatic heterocycles. The minimum absolute atomic E-state index is 0.0881. The number of amides is 3. The molecule has 226 valence electrons. The molecule has 11 nitrogen and oxygen atoms in total. The zero-order valence-corrected chi connectivity index (χ0v) is 24.7. The van der Waals surface area contributed by atoms with Gasteiger partial charge in [-0.25, -0.2) is 13.3 Å². The van der Waals surface area contributed by atoms with E-state index in [2.05, 4.69) is 4.72 Å². The van der Waals surface area contributed by atoms with E-state index in [1.54, 1.807) is 32.0 Å². The summed E-state index contributed by atoms with van der Waals surface area (Å²) in [4.78, 5) is 41.0. The zero-order valence-electron chi connectivity index (χ0n) is 23.9. The molecule has 0 aliphatic carbocycles. The van der Waals surface area contributed by atoms with E-state index in [1.165, 1.54) is 24.3 Å². The highest BCUT2D eigenvalue weighted by Crippen LogP contribution is 2.46. The molecule has 2 aliphatic rings. The minimum Gasteiger partial charge on any atom is -0.492 e. The van der Waals surface area contributed by atoms with E-state index in [1.807, 2.05) is 24.3 Å². The molecule has 4 aromatic carbocycles. The zero-order chi connectivity index (χ0) is 31.0. The molecule has 0 bridgehead atoms. The number of ether oxygens (including phenoxy) is 4. The summed E-state index contributed by atoms with van der Waals surface area (Å²) in [6.07, 6.45) is -0.170. The number of carbonyl (C=O) groups is 3. The molecule has 0 saturated carbocycles. The van der Waals surface area contributed by atoms with Crippen LogP contribution < -0.4 is 28.6 Å². The van der Waals surface area contributed by atoms with Gasteiger partial charge in [-0.15, -0.1) is 0 Å². The maximum absolute atomic E-state index is 13.8. The van der Waals surface area contributed by atoms with Crippen LogP contribution in [0.4, 0.5) is 5.69 Å². The highest BCUT2D eigenvalue weighted by Gasteiger charge is 2.43. The van der Waals surface area contributed by atoms with Crippen molar-refractivity contribution >= 4 is 44.2 Å². The minimum atomic E-state index is -4.04. The quantitative estimate of drug-likeness (QED) is 0.258. The Hall–Kier alpha value is -5.10. The van der Waals surface area contributed by atoms with Gasteiger partial charge in [-0.05, 0) is 49.2 Å². The van der Waals surface area contributed by atoms with Crippen LogP contribution in [-0.4, -0.2) is 46.1 Å². The number of benzene rings is 4.